The van der Waals surface area contributed by atoms with Gasteiger partial charge in [0.05, 0.1) is 6.07 Å². The normalized spacial score (nSPS) is 10.4. The molecule has 0 unspecified atom stereocenters. The number of halogens is 2. The Morgan fingerprint density at radius 1 is 1.26 bits per heavy atom. The summed E-state index contributed by atoms with van der Waals surface area (Å²) in [6, 6.07) is 5.00. The number of hydrogen-bond acceptors (Lipinski definition) is 4. The molecule has 19 heavy (non-hydrogen) atoms. The van der Waals surface area contributed by atoms with Crippen LogP contribution in [0, 0.1) is 21.7 Å². The third kappa shape index (κ3) is 2.82. The van der Waals surface area contributed by atoms with Gasteiger partial charge in [0.2, 0.25) is 5.78 Å². The lowest BCUT2D eigenvalue weighted by atomic mass is 10.1. The fraction of sp³-hybridized carbons (Fsp3) is 0.0833. The van der Waals surface area contributed by atoms with Gasteiger partial charge in [-0.1, -0.05) is 6.07 Å². The number of Topliss-reactive ketones (excluding diaryl/α,β-unsaturated/α-hetero) is 1. The number of benzene rings is 1. The van der Waals surface area contributed by atoms with Crippen molar-refractivity contribution < 1.29 is 22.9 Å². The molecule has 0 saturated carbocycles. The van der Waals surface area contributed by atoms with Crippen LogP contribution in [0.5, 0.6) is 0 Å². The van der Waals surface area contributed by atoms with E-state index in [9.17, 15) is 23.7 Å². The smallest absolute Gasteiger partial charge is 0.397 e. The van der Waals surface area contributed by atoms with E-state index in [0.717, 1.165) is 24.3 Å². The number of carbonyl (C=O) groups is 1. The molecule has 0 aliphatic carbocycles. The predicted octanol–water partition coefficient (Wildman–Crippen LogP) is 2.89. The topological polar surface area (TPSA) is 73.3 Å². The van der Waals surface area contributed by atoms with E-state index in [1.54, 1.807) is 0 Å². The third-order valence-corrected chi connectivity index (χ3v) is 2.41. The molecular formula is C12H7F2NO4. The van der Waals surface area contributed by atoms with Crippen LogP contribution in [0.3, 0.4) is 0 Å². The standard InChI is InChI=1S/C12H7F2NO4/c13-8-2-1-7(9(14)6-8)5-10(16)11-3-4-12(19-11)15(17)18/h1-4,6H,5H2. The van der Waals surface area contributed by atoms with Gasteiger partial charge in [0, 0.05) is 12.5 Å². The molecule has 0 fully saturated rings. The highest BCUT2D eigenvalue weighted by molar-refractivity contribution is 5.95. The van der Waals surface area contributed by atoms with Crippen molar-refractivity contribution in [3.63, 3.8) is 0 Å². The largest absolute Gasteiger partial charge is 0.433 e. The average Bonchev–Trinajstić information content (AvgIpc) is 2.82. The first-order chi connectivity index (χ1) is 8.97. The Balaban J connectivity index is 2.18. The second-order valence-electron chi connectivity index (χ2n) is 3.73. The minimum atomic E-state index is -0.852. The van der Waals surface area contributed by atoms with Crippen LogP contribution in [-0.2, 0) is 6.42 Å². The SMILES string of the molecule is O=C(Cc1ccc(F)cc1F)c1ccc([N+](=O)[O-])o1. The Kier molecular flexibility index (Phi) is 3.37. The first-order valence-electron chi connectivity index (χ1n) is 5.18. The van der Waals surface area contributed by atoms with Crippen LogP contribution >= 0.6 is 0 Å². The maximum Gasteiger partial charge on any atom is 0.433 e. The van der Waals surface area contributed by atoms with Crippen molar-refractivity contribution in [1.82, 2.24) is 0 Å². The van der Waals surface area contributed by atoms with Crippen molar-refractivity contribution in [2.75, 3.05) is 0 Å². The van der Waals surface area contributed by atoms with Crippen molar-refractivity contribution in [3.8, 4) is 0 Å². The van der Waals surface area contributed by atoms with Crippen molar-refractivity contribution in [3.05, 3.63) is 63.4 Å². The summed E-state index contributed by atoms with van der Waals surface area (Å²) in [5.41, 5.74) is -0.00884. The fourth-order valence-corrected chi connectivity index (χ4v) is 1.50. The van der Waals surface area contributed by atoms with Gasteiger partial charge in [0.1, 0.15) is 16.6 Å². The molecule has 0 aliphatic rings. The third-order valence-electron chi connectivity index (χ3n) is 2.41. The van der Waals surface area contributed by atoms with Crippen LogP contribution in [0.1, 0.15) is 16.1 Å². The van der Waals surface area contributed by atoms with Gasteiger partial charge in [-0.05, 0) is 17.7 Å². The molecule has 0 N–H and O–H groups in total. The number of ketones is 1. The quantitative estimate of drug-likeness (QED) is 0.485. The van der Waals surface area contributed by atoms with E-state index in [1.807, 2.05) is 0 Å². The van der Waals surface area contributed by atoms with Gasteiger partial charge in [-0.3, -0.25) is 14.9 Å². The van der Waals surface area contributed by atoms with E-state index in [0.29, 0.717) is 6.07 Å². The lowest BCUT2D eigenvalue weighted by Crippen LogP contribution is -2.04. The van der Waals surface area contributed by atoms with Crippen LogP contribution in [0.2, 0.25) is 0 Å². The highest BCUT2D eigenvalue weighted by Crippen LogP contribution is 2.18. The lowest BCUT2D eigenvalue weighted by molar-refractivity contribution is -0.402. The second-order valence-corrected chi connectivity index (χ2v) is 3.73. The van der Waals surface area contributed by atoms with Crippen LogP contribution in [0.25, 0.3) is 0 Å². The monoisotopic (exact) mass is 267 g/mol. The molecule has 0 radical (unpaired) electrons. The number of nitrogens with zero attached hydrogens (tertiary/aromatic N) is 1. The molecule has 0 aliphatic heterocycles. The van der Waals surface area contributed by atoms with Crippen molar-refractivity contribution in [2.24, 2.45) is 0 Å². The summed E-state index contributed by atoms with van der Waals surface area (Å²) in [6.07, 6.45) is -0.364. The van der Waals surface area contributed by atoms with Crippen LogP contribution in [0.15, 0.2) is 34.7 Å². The first kappa shape index (κ1) is 12.9. The number of hydrogen-bond donors (Lipinski definition) is 0. The molecule has 0 spiro atoms. The molecule has 0 saturated heterocycles. The predicted molar refractivity (Wildman–Crippen MR) is 59.8 cm³/mol. The molecule has 0 bridgehead atoms. The number of nitro groups is 1. The Bertz CT molecular complexity index is 651. The molecule has 7 heteroatoms. The molecule has 1 heterocycles. The van der Waals surface area contributed by atoms with Gasteiger partial charge in [0.15, 0.2) is 5.76 Å². The first-order valence-corrected chi connectivity index (χ1v) is 5.18. The average molecular weight is 267 g/mol. The van der Waals surface area contributed by atoms with E-state index in [2.05, 4.69) is 0 Å². The highest BCUT2D eigenvalue weighted by Gasteiger charge is 2.18. The maximum atomic E-state index is 13.3. The summed E-state index contributed by atoms with van der Waals surface area (Å²) >= 11 is 0. The Hall–Kier alpha value is -2.57. The number of rotatable bonds is 4. The van der Waals surface area contributed by atoms with Gasteiger partial charge in [0.25, 0.3) is 0 Å². The summed E-state index contributed by atoms with van der Waals surface area (Å²) in [7, 11) is 0. The van der Waals surface area contributed by atoms with Gasteiger partial charge in [-0.2, -0.15) is 0 Å². The Morgan fingerprint density at radius 3 is 2.58 bits per heavy atom. The van der Waals surface area contributed by atoms with Crippen molar-refractivity contribution in [1.29, 1.82) is 0 Å². The Morgan fingerprint density at radius 2 is 2.00 bits per heavy atom. The number of carbonyl (C=O) groups excluding carboxylic acids is 1. The maximum absolute atomic E-state index is 13.3. The van der Waals surface area contributed by atoms with Crippen LogP contribution in [-0.4, -0.2) is 10.7 Å². The van der Waals surface area contributed by atoms with E-state index in [4.69, 9.17) is 4.42 Å². The van der Waals surface area contributed by atoms with Crippen molar-refractivity contribution >= 4 is 11.7 Å². The van der Waals surface area contributed by atoms with E-state index in [1.165, 1.54) is 0 Å². The summed E-state index contributed by atoms with van der Waals surface area (Å²) < 4.78 is 30.7. The molecule has 0 atom stereocenters. The molecule has 1 aromatic heterocycles. The zero-order valence-electron chi connectivity index (χ0n) is 9.43. The van der Waals surface area contributed by atoms with Gasteiger partial charge >= 0.3 is 5.88 Å². The second kappa shape index (κ2) is 4.97. The molecule has 5 nitrogen and oxygen atoms in total. The lowest BCUT2D eigenvalue weighted by Gasteiger charge is -2.00. The molecular weight excluding hydrogens is 260 g/mol. The number of furan rings is 1. The molecule has 98 valence electrons. The minimum Gasteiger partial charge on any atom is -0.397 e. The molecule has 0 amide bonds. The molecule has 1 aromatic carbocycles. The minimum absolute atomic E-state index is 0.00884. The van der Waals surface area contributed by atoms with Gasteiger partial charge in [-0.25, -0.2) is 8.78 Å². The molecule has 2 aromatic rings. The summed E-state index contributed by atoms with van der Waals surface area (Å²) in [6.45, 7) is 0. The summed E-state index contributed by atoms with van der Waals surface area (Å²) in [5, 5.41) is 10.4. The van der Waals surface area contributed by atoms with E-state index >= 15 is 0 Å². The van der Waals surface area contributed by atoms with Crippen LogP contribution < -0.4 is 0 Å². The zero-order chi connectivity index (χ0) is 14.0. The van der Waals surface area contributed by atoms with E-state index in [-0.39, 0.29) is 17.7 Å². The fourth-order valence-electron chi connectivity index (χ4n) is 1.50. The van der Waals surface area contributed by atoms with Crippen molar-refractivity contribution in [2.45, 2.75) is 6.42 Å². The van der Waals surface area contributed by atoms with Gasteiger partial charge < -0.3 is 4.42 Å². The van der Waals surface area contributed by atoms with Crippen LogP contribution in [0.4, 0.5) is 14.7 Å². The van der Waals surface area contributed by atoms with Gasteiger partial charge in [-0.15, -0.1) is 0 Å². The zero-order valence-corrected chi connectivity index (χ0v) is 9.43. The highest BCUT2D eigenvalue weighted by atomic mass is 19.1. The summed E-state index contributed by atoms with van der Waals surface area (Å²) in [4.78, 5) is 21.3. The summed E-state index contributed by atoms with van der Waals surface area (Å²) in [5.74, 6) is -3.03. The molecule has 2 rings (SSSR count). The Labute approximate surface area is 105 Å². The van der Waals surface area contributed by atoms with E-state index < -0.39 is 28.2 Å².